The van der Waals surface area contributed by atoms with Crippen molar-refractivity contribution in [3.63, 3.8) is 0 Å². The van der Waals surface area contributed by atoms with Crippen LogP contribution >= 0.6 is 0 Å². The number of aliphatic hydroxyl groups excluding tert-OH is 1. The van der Waals surface area contributed by atoms with Crippen molar-refractivity contribution in [1.82, 2.24) is 9.97 Å². The van der Waals surface area contributed by atoms with Gasteiger partial charge in [0.05, 0.1) is 6.61 Å². The number of anilines is 2. The summed E-state index contributed by atoms with van der Waals surface area (Å²) in [5, 5.41) is 9.04. The van der Waals surface area contributed by atoms with Gasteiger partial charge >= 0.3 is 0 Å². The van der Waals surface area contributed by atoms with Crippen LogP contribution in [0.15, 0.2) is 30.5 Å². The second-order valence-electron chi connectivity index (χ2n) is 3.39. The van der Waals surface area contributed by atoms with E-state index >= 15 is 0 Å². The quantitative estimate of drug-likeness (QED) is 0.689. The highest BCUT2D eigenvalue weighted by Crippen LogP contribution is 2.24. The van der Waals surface area contributed by atoms with E-state index in [4.69, 9.17) is 16.6 Å². The molecule has 0 amide bonds. The van der Waals surface area contributed by atoms with Crippen LogP contribution in [0.3, 0.4) is 0 Å². The second-order valence-corrected chi connectivity index (χ2v) is 3.39. The SMILES string of the molecule is Nc1ncc(-c2cccc(CO)c2)c(N)n1. The smallest absolute Gasteiger partial charge is 0.221 e. The van der Waals surface area contributed by atoms with Crippen molar-refractivity contribution in [3.8, 4) is 11.1 Å². The Kier molecular flexibility index (Phi) is 2.70. The number of aliphatic hydroxyl groups is 1. The highest BCUT2D eigenvalue weighted by molar-refractivity contribution is 5.73. The zero-order valence-electron chi connectivity index (χ0n) is 8.59. The number of hydrogen-bond donors (Lipinski definition) is 3. The third-order valence-electron chi connectivity index (χ3n) is 2.26. The van der Waals surface area contributed by atoms with Crippen LogP contribution in [0.5, 0.6) is 0 Å². The number of nitrogen functional groups attached to an aromatic ring is 2. The Balaban J connectivity index is 2.49. The molecule has 5 N–H and O–H groups in total. The lowest BCUT2D eigenvalue weighted by Crippen LogP contribution is -2.01. The van der Waals surface area contributed by atoms with Gasteiger partial charge in [0.1, 0.15) is 5.82 Å². The highest BCUT2D eigenvalue weighted by atomic mass is 16.3. The molecule has 0 aliphatic heterocycles. The van der Waals surface area contributed by atoms with Gasteiger partial charge in [-0.2, -0.15) is 4.98 Å². The first kappa shape index (κ1) is 10.4. The minimum atomic E-state index is -0.0103. The van der Waals surface area contributed by atoms with Gasteiger partial charge in [0.15, 0.2) is 0 Å². The number of aromatic nitrogens is 2. The molecule has 0 unspecified atom stereocenters. The normalized spacial score (nSPS) is 10.3. The minimum absolute atomic E-state index is 0.0103. The van der Waals surface area contributed by atoms with Gasteiger partial charge in [0.25, 0.3) is 0 Å². The maximum atomic E-state index is 9.04. The zero-order valence-corrected chi connectivity index (χ0v) is 8.59. The van der Waals surface area contributed by atoms with Gasteiger partial charge in [-0.15, -0.1) is 0 Å². The molecule has 1 aromatic carbocycles. The third kappa shape index (κ3) is 1.94. The van der Waals surface area contributed by atoms with E-state index in [1.807, 2.05) is 24.3 Å². The maximum absolute atomic E-state index is 9.04. The number of nitrogens with zero attached hydrogens (tertiary/aromatic N) is 2. The Bertz CT molecular complexity index is 513. The molecular formula is C11H12N4O. The lowest BCUT2D eigenvalue weighted by Gasteiger charge is -2.06. The summed E-state index contributed by atoms with van der Waals surface area (Å²) >= 11 is 0. The van der Waals surface area contributed by atoms with Crippen molar-refractivity contribution >= 4 is 11.8 Å². The fraction of sp³-hybridized carbons (Fsp3) is 0.0909. The Labute approximate surface area is 92.8 Å². The van der Waals surface area contributed by atoms with Crippen LogP contribution in [-0.2, 0) is 6.61 Å². The second kappa shape index (κ2) is 4.16. The van der Waals surface area contributed by atoms with Gasteiger partial charge in [0, 0.05) is 11.8 Å². The first-order valence-electron chi connectivity index (χ1n) is 4.79. The number of nitrogens with two attached hydrogens (primary N) is 2. The Morgan fingerprint density at radius 2 is 2.06 bits per heavy atom. The van der Waals surface area contributed by atoms with Crippen LogP contribution < -0.4 is 11.5 Å². The van der Waals surface area contributed by atoms with E-state index < -0.39 is 0 Å². The van der Waals surface area contributed by atoms with Crippen molar-refractivity contribution in [2.24, 2.45) is 0 Å². The lowest BCUT2D eigenvalue weighted by atomic mass is 10.1. The molecule has 16 heavy (non-hydrogen) atoms. The monoisotopic (exact) mass is 216 g/mol. The molecule has 0 saturated heterocycles. The molecule has 0 radical (unpaired) electrons. The van der Waals surface area contributed by atoms with Crippen molar-refractivity contribution < 1.29 is 5.11 Å². The van der Waals surface area contributed by atoms with E-state index in [0.717, 1.165) is 11.1 Å². The van der Waals surface area contributed by atoms with Gasteiger partial charge < -0.3 is 16.6 Å². The zero-order chi connectivity index (χ0) is 11.5. The van der Waals surface area contributed by atoms with Gasteiger partial charge in [-0.3, -0.25) is 0 Å². The van der Waals surface area contributed by atoms with Gasteiger partial charge in [-0.1, -0.05) is 18.2 Å². The topological polar surface area (TPSA) is 98.0 Å². The average Bonchev–Trinajstić information content (AvgIpc) is 2.29. The van der Waals surface area contributed by atoms with Crippen molar-refractivity contribution in [2.75, 3.05) is 11.5 Å². The van der Waals surface area contributed by atoms with Crippen molar-refractivity contribution in [3.05, 3.63) is 36.0 Å². The molecule has 0 atom stereocenters. The molecule has 0 aliphatic rings. The van der Waals surface area contributed by atoms with E-state index in [-0.39, 0.29) is 12.6 Å². The summed E-state index contributed by atoms with van der Waals surface area (Å²) in [7, 11) is 0. The predicted octanol–water partition coefficient (Wildman–Crippen LogP) is 0.800. The number of rotatable bonds is 2. The maximum Gasteiger partial charge on any atom is 0.221 e. The van der Waals surface area contributed by atoms with Crippen molar-refractivity contribution in [1.29, 1.82) is 0 Å². The van der Waals surface area contributed by atoms with Crippen LogP contribution in [0.1, 0.15) is 5.56 Å². The minimum Gasteiger partial charge on any atom is -0.392 e. The Hall–Kier alpha value is -2.14. The standard InChI is InChI=1S/C11H12N4O/c12-10-9(5-14-11(13)15-10)8-3-1-2-7(4-8)6-16/h1-5,16H,6H2,(H4,12,13,14,15). The molecule has 0 bridgehead atoms. The summed E-state index contributed by atoms with van der Waals surface area (Å²) in [4.78, 5) is 7.78. The molecular weight excluding hydrogens is 204 g/mol. The first-order chi connectivity index (χ1) is 7.70. The van der Waals surface area contributed by atoms with Gasteiger partial charge in [-0.25, -0.2) is 4.98 Å². The summed E-state index contributed by atoms with van der Waals surface area (Å²) in [6.07, 6.45) is 1.58. The summed E-state index contributed by atoms with van der Waals surface area (Å²) in [5.74, 6) is 0.488. The van der Waals surface area contributed by atoms with Gasteiger partial charge in [-0.05, 0) is 17.2 Å². The fourth-order valence-electron chi connectivity index (χ4n) is 1.47. The van der Waals surface area contributed by atoms with Crippen LogP contribution in [-0.4, -0.2) is 15.1 Å². The summed E-state index contributed by atoms with van der Waals surface area (Å²) in [5.41, 5.74) is 13.6. The molecule has 0 saturated carbocycles. The summed E-state index contributed by atoms with van der Waals surface area (Å²) in [6, 6.07) is 7.39. The first-order valence-corrected chi connectivity index (χ1v) is 4.79. The summed E-state index contributed by atoms with van der Waals surface area (Å²) in [6.45, 7) is -0.0103. The molecule has 1 aromatic heterocycles. The Morgan fingerprint density at radius 1 is 1.25 bits per heavy atom. The third-order valence-corrected chi connectivity index (χ3v) is 2.26. The van der Waals surface area contributed by atoms with Crippen molar-refractivity contribution in [2.45, 2.75) is 6.61 Å². The highest BCUT2D eigenvalue weighted by Gasteiger charge is 2.05. The lowest BCUT2D eigenvalue weighted by molar-refractivity contribution is 0.282. The van der Waals surface area contributed by atoms with Crippen LogP contribution in [0.25, 0.3) is 11.1 Å². The van der Waals surface area contributed by atoms with E-state index in [1.165, 1.54) is 0 Å². The van der Waals surface area contributed by atoms with Crippen LogP contribution in [0, 0.1) is 0 Å². The number of benzene rings is 1. The molecule has 5 nitrogen and oxygen atoms in total. The molecule has 5 heteroatoms. The van der Waals surface area contributed by atoms with E-state index in [2.05, 4.69) is 9.97 Å². The molecule has 82 valence electrons. The molecule has 0 aliphatic carbocycles. The Morgan fingerprint density at radius 3 is 2.75 bits per heavy atom. The number of hydrogen-bond acceptors (Lipinski definition) is 5. The molecule has 1 heterocycles. The average molecular weight is 216 g/mol. The predicted molar refractivity (Wildman–Crippen MR) is 62.2 cm³/mol. The largest absolute Gasteiger partial charge is 0.392 e. The van der Waals surface area contributed by atoms with E-state index in [9.17, 15) is 0 Å². The van der Waals surface area contributed by atoms with Gasteiger partial charge in [0.2, 0.25) is 5.95 Å². The molecule has 0 fully saturated rings. The summed E-state index contributed by atoms with van der Waals surface area (Å²) < 4.78 is 0. The fourth-order valence-corrected chi connectivity index (χ4v) is 1.47. The molecule has 0 spiro atoms. The van der Waals surface area contributed by atoms with Crippen LogP contribution in [0.4, 0.5) is 11.8 Å². The van der Waals surface area contributed by atoms with E-state index in [1.54, 1.807) is 6.20 Å². The van der Waals surface area contributed by atoms with Crippen LogP contribution in [0.2, 0.25) is 0 Å². The molecule has 2 rings (SSSR count). The van der Waals surface area contributed by atoms with E-state index in [0.29, 0.717) is 11.4 Å². The molecule has 2 aromatic rings.